The van der Waals surface area contributed by atoms with Crippen molar-refractivity contribution in [3.05, 3.63) is 0 Å². The van der Waals surface area contributed by atoms with E-state index in [1.807, 2.05) is 6.21 Å². The maximum Gasteiger partial charge on any atom is 0.257 e. The van der Waals surface area contributed by atoms with Gasteiger partial charge in [-0.25, -0.2) is 8.78 Å². The molecule has 1 saturated heterocycles. The molecule has 4 heteroatoms. The minimum absolute atomic E-state index is 0.344. The van der Waals surface area contributed by atoms with Crippen LogP contribution in [-0.2, 0) is 0 Å². The fraction of sp³-hybridized carbons (Fsp3) is 0.923. The van der Waals surface area contributed by atoms with Crippen molar-refractivity contribution < 1.29 is 8.78 Å². The molecule has 0 aromatic carbocycles. The Kier molecular flexibility index (Phi) is 2.73. The Morgan fingerprint density at radius 3 is 2.47 bits per heavy atom. The van der Waals surface area contributed by atoms with Gasteiger partial charge in [0.1, 0.15) is 0 Å². The molecule has 3 rings (SSSR count). The number of rotatable bonds is 2. The van der Waals surface area contributed by atoms with E-state index in [1.54, 1.807) is 7.05 Å². The summed E-state index contributed by atoms with van der Waals surface area (Å²) < 4.78 is 26.3. The number of piperidine rings is 1. The molecule has 2 saturated carbocycles. The van der Waals surface area contributed by atoms with Crippen LogP contribution in [0.5, 0.6) is 0 Å². The average Bonchev–Trinajstić information content (AvgIpc) is 2.69. The van der Waals surface area contributed by atoms with E-state index in [2.05, 4.69) is 9.89 Å². The highest BCUT2D eigenvalue weighted by Crippen LogP contribution is 2.60. The van der Waals surface area contributed by atoms with Crippen molar-refractivity contribution in [1.29, 1.82) is 0 Å². The number of nitrogens with zero attached hydrogens (tertiary/aromatic N) is 2. The van der Waals surface area contributed by atoms with Crippen molar-refractivity contribution in [2.45, 2.75) is 37.6 Å². The molecule has 0 bridgehead atoms. The highest BCUT2D eigenvalue weighted by Gasteiger charge is 2.72. The number of alkyl halides is 2. The average molecular weight is 242 g/mol. The van der Waals surface area contributed by atoms with Gasteiger partial charge in [0, 0.05) is 50.1 Å². The number of aliphatic imine (C=N–C) groups is 1. The first-order valence-corrected chi connectivity index (χ1v) is 6.68. The van der Waals surface area contributed by atoms with Crippen molar-refractivity contribution in [1.82, 2.24) is 4.90 Å². The highest BCUT2D eigenvalue weighted by molar-refractivity contribution is 5.61. The molecule has 1 aliphatic heterocycles. The van der Waals surface area contributed by atoms with E-state index in [-0.39, 0.29) is 11.8 Å². The van der Waals surface area contributed by atoms with Crippen molar-refractivity contribution in [2.24, 2.45) is 22.7 Å². The smallest absolute Gasteiger partial charge is 0.257 e. The fourth-order valence-electron chi connectivity index (χ4n) is 3.77. The minimum atomic E-state index is -2.35. The summed E-state index contributed by atoms with van der Waals surface area (Å²) in [6.07, 6.45) is 6.85. The molecular weight excluding hydrogens is 222 g/mol. The predicted octanol–water partition coefficient (Wildman–Crippen LogP) is 2.44. The van der Waals surface area contributed by atoms with E-state index in [4.69, 9.17) is 0 Å². The third-order valence-electron chi connectivity index (χ3n) is 4.82. The predicted molar refractivity (Wildman–Crippen MR) is 63.7 cm³/mol. The number of likely N-dealkylation sites (tertiary alicyclic amines) is 1. The molecule has 96 valence electrons. The van der Waals surface area contributed by atoms with Crippen LogP contribution in [0, 0.1) is 17.8 Å². The molecule has 3 aliphatic rings. The highest BCUT2D eigenvalue weighted by atomic mass is 19.3. The summed E-state index contributed by atoms with van der Waals surface area (Å²) in [6, 6.07) is 0.469. The zero-order valence-corrected chi connectivity index (χ0v) is 10.3. The second-order valence-electron chi connectivity index (χ2n) is 5.76. The standard InChI is InChI=1S/C13H20F2N2/c1-16-6-9-4-2-3-5-12(9)17-7-10-11(8-17)13(10,14)15/h6,9-12H,2-5,7-8H2,1H3/b16-6+/t9?,10?,11?,12-/m0/s1. The van der Waals surface area contributed by atoms with Gasteiger partial charge in [-0.15, -0.1) is 0 Å². The molecule has 4 atom stereocenters. The van der Waals surface area contributed by atoms with E-state index in [9.17, 15) is 8.78 Å². The van der Waals surface area contributed by atoms with E-state index in [0.29, 0.717) is 25.0 Å². The van der Waals surface area contributed by atoms with E-state index < -0.39 is 5.92 Å². The van der Waals surface area contributed by atoms with Crippen molar-refractivity contribution in [3.63, 3.8) is 0 Å². The Hall–Kier alpha value is -0.510. The maximum atomic E-state index is 13.2. The van der Waals surface area contributed by atoms with E-state index in [0.717, 1.165) is 6.42 Å². The normalized spacial score (nSPS) is 45.1. The zero-order valence-electron chi connectivity index (χ0n) is 10.3. The second kappa shape index (κ2) is 4.01. The summed E-state index contributed by atoms with van der Waals surface area (Å²) >= 11 is 0. The van der Waals surface area contributed by atoms with Gasteiger partial charge in [-0.3, -0.25) is 4.90 Å². The van der Waals surface area contributed by atoms with Crippen molar-refractivity contribution in [2.75, 3.05) is 20.1 Å². The van der Waals surface area contributed by atoms with Crippen LogP contribution in [0.4, 0.5) is 8.78 Å². The summed E-state index contributed by atoms with van der Waals surface area (Å²) in [7, 11) is 1.81. The Bertz CT molecular complexity index is 315. The second-order valence-corrected chi connectivity index (χ2v) is 5.76. The molecule has 0 radical (unpaired) electrons. The summed E-state index contributed by atoms with van der Waals surface area (Å²) in [4.78, 5) is 6.44. The van der Waals surface area contributed by atoms with Gasteiger partial charge in [0.25, 0.3) is 5.92 Å². The van der Waals surface area contributed by atoms with Crippen LogP contribution in [0.25, 0.3) is 0 Å². The largest absolute Gasteiger partial charge is 0.301 e. The first-order valence-electron chi connectivity index (χ1n) is 6.68. The SMILES string of the molecule is C/N=C/C1CCCC[C@@H]1N1CC2C(C1)C2(F)F. The quantitative estimate of drug-likeness (QED) is 0.679. The molecule has 0 aromatic heterocycles. The van der Waals surface area contributed by atoms with Gasteiger partial charge in [-0.05, 0) is 12.8 Å². The maximum absolute atomic E-state index is 13.2. The van der Waals surface area contributed by atoms with Crippen LogP contribution in [0.2, 0.25) is 0 Å². The monoisotopic (exact) mass is 242 g/mol. The number of hydrogen-bond donors (Lipinski definition) is 0. The summed E-state index contributed by atoms with van der Waals surface area (Å²) in [5, 5.41) is 0. The third kappa shape index (κ3) is 1.81. The van der Waals surface area contributed by atoms with Crippen LogP contribution in [0.3, 0.4) is 0 Å². The molecule has 17 heavy (non-hydrogen) atoms. The lowest BCUT2D eigenvalue weighted by atomic mass is 9.84. The van der Waals surface area contributed by atoms with Gasteiger partial charge in [0.05, 0.1) is 0 Å². The van der Waals surface area contributed by atoms with Crippen molar-refractivity contribution >= 4 is 6.21 Å². The molecule has 0 amide bonds. The lowest BCUT2D eigenvalue weighted by molar-refractivity contribution is 0.0342. The fourth-order valence-corrected chi connectivity index (χ4v) is 3.77. The Morgan fingerprint density at radius 2 is 1.82 bits per heavy atom. The van der Waals surface area contributed by atoms with Gasteiger partial charge >= 0.3 is 0 Å². The van der Waals surface area contributed by atoms with Crippen LogP contribution in [0.1, 0.15) is 25.7 Å². The molecular formula is C13H20F2N2. The Labute approximate surface area is 101 Å². The van der Waals surface area contributed by atoms with Crippen LogP contribution < -0.4 is 0 Å². The lowest BCUT2D eigenvalue weighted by Gasteiger charge is -2.37. The topological polar surface area (TPSA) is 15.6 Å². The van der Waals surface area contributed by atoms with Crippen LogP contribution >= 0.6 is 0 Å². The van der Waals surface area contributed by atoms with Crippen LogP contribution in [0.15, 0.2) is 4.99 Å². The Balaban J connectivity index is 1.64. The van der Waals surface area contributed by atoms with E-state index >= 15 is 0 Å². The third-order valence-corrected chi connectivity index (χ3v) is 4.82. The molecule has 2 aliphatic carbocycles. The molecule has 1 heterocycles. The Morgan fingerprint density at radius 1 is 1.18 bits per heavy atom. The first kappa shape index (κ1) is 11.6. The molecule has 0 aromatic rings. The summed E-state index contributed by atoms with van der Waals surface area (Å²) in [6.45, 7) is 1.22. The van der Waals surface area contributed by atoms with Crippen LogP contribution in [-0.4, -0.2) is 43.2 Å². The molecule has 3 unspecified atom stereocenters. The van der Waals surface area contributed by atoms with E-state index in [1.165, 1.54) is 19.3 Å². The molecule has 0 spiro atoms. The lowest BCUT2D eigenvalue weighted by Crippen LogP contribution is -2.44. The van der Waals surface area contributed by atoms with Crippen molar-refractivity contribution in [3.8, 4) is 0 Å². The first-order chi connectivity index (χ1) is 8.14. The molecule has 2 nitrogen and oxygen atoms in total. The van der Waals surface area contributed by atoms with Gasteiger partial charge in [-0.1, -0.05) is 12.8 Å². The molecule has 3 fully saturated rings. The number of halogens is 2. The summed E-state index contributed by atoms with van der Waals surface area (Å²) in [5.41, 5.74) is 0. The van der Waals surface area contributed by atoms with Gasteiger partial charge in [-0.2, -0.15) is 0 Å². The molecule has 0 N–H and O–H groups in total. The van der Waals surface area contributed by atoms with Gasteiger partial charge < -0.3 is 4.99 Å². The minimum Gasteiger partial charge on any atom is -0.301 e. The zero-order chi connectivity index (χ0) is 12.0. The number of fused-ring (bicyclic) bond motifs is 1. The summed E-state index contributed by atoms with van der Waals surface area (Å²) in [5.74, 6) is -2.55. The van der Waals surface area contributed by atoms with Gasteiger partial charge in [0.15, 0.2) is 0 Å². The van der Waals surface area contributed by atoms with Gasteiger partial charge in [0.2, 0.25) is 0 Å². The number of hydrogen-bond acceptors (Lipinski definition) is 2.